The third-order valence-electron chi connectivity index (χ3n) is 4.38. The first kappa shape index (κ1) is 23.9. The molecule has 0 aliphatic heterocycles. The molecule has 0 bridgehead atoms. The first-order valence-corrected chi connectivity index (χ1v) is 11.2. The van der Waals surface area contributed by atoms with Gasteiger partial charge in [-0.05, 0) is 76.7 Å². The normalized spacial score (nSPS) is 10.9. The zero-order valence-corrected chi connectivity index (χ0v) is 20.5. The fraction of sp³-hybridized carbons (Fsp3) is 0.0833. The Labute approximate surface area is 209 Å². The van der Waals surface area contributed by atoms with E-state index in [4.69, 9.17) is 32.7 Å². The molecule has 0 aliphatic rings. The number of amides is 1. The zero-order valence-electron chi connectivity index (χ0n) is 16.9. The van der Waals surface area contributed by atoms with Crippen molar-refractivity contribution in [2.75, 3.05) is 12.4 Å². The van der Waals surface area contributed by atoms with Gasteiger partial charge < -0.3 is 14.8 Å². The highest BCUT2D eigenvalue weighted by Crippen LogP contribution is 2.32. The van der Waals surface area contributed by atoms with Gasteiger partial charge in [0.25, 0.3) is 5.91 Å². The lowest BCUT2D eigenvalue weighted by atomic mass is 10.1. The summed E-state index contributed by atoms with van der Waals surface area (Å²) in [7, 11) is 1.52. The van der Waals surface area contributed by atoms with E-state index in [-0.39, 0.29) is 12.2 Å². The second-order valence-electron chi connectivity index (χ2n) is 6.53. The molecule has 0 aromatic heterocycles. The van der Waals surface area contributed by atoms with Crippen molar-refractivity contribution < 1.29 is 14.3 Å². The number of nitrogens with zero attached hydrogens (tertiary/aromatic N) is 1. The summed E-state index contributed by atoms with van der Waals surface area (Å²) in [5.41, 5.74) is 1.81. The molecular formula is C24H17Cl2IN2O3. The number of nitrogens with one attached hydrogen (secondary N) is 1. The lowest BCUT2D eigenvalue weighted by Crippen LogP contribution is -2.13. The topological polar surface area (TPSA) is 71.3 Å². The summed E-state index contributed by atoms with van der Waals surface area (Å²) >= 11 is 14.6. The Bertz CT molecular complexity index is 1200. The molecule has 162 valence electrons. The van der Waals surface area contributed by atoms with Gasteiger partial charge in [0, 0.05) is 24.9 Å². The summed E-state index contributed by atoms with van der Waals surface area (Å²) in [5.74, 6) is 0.412. The van der Waals surface area contributed by atoms with Crippen LogP contribution in [-0.2, 0) is 11.4 Å². The molecule has 0 fully saturated rings. The van der Waals surface area contributed by atoms with Crippen LogP contribution in [-0.4, -0.2) is 13.0 Å². The van der Waals surface area contributed by atoms with Gasteiger partial charge in [0.1, 0.15) is 18.2 Å². The molecule has 0 spiro atoms. The number of anilines is 1. The van der Waals surface area contributed by atoms with E-state index in [1.807, 2.05) is 24.3 Å². The number of hydrogen-bond donors (Lipinski definition) is 1. The first-order valence-electron chi connectivity index (χ1n) is 9.33. The van der Waals surface area contributed by atoms with Crippen LogP contribution in [0.2, 0.25) is 10.0 Å². The highest BCUT2D eigenvalue weighted by atomic mass is 127. The molecule has 8 heteroatoms. The highest BCUT2D eigenvalue weighted by Gasteiger charge is 2.13. The van der Waals surface area contributed by atoms with E-state index in [0.717, 1.165) is 3.57 Å². The molecule has 3 aromatic rings. The van der Waals surface area contributed by atoms with Crippen LogP contribution < -0.4 is 14.8 Å². The van der Waals surface area contributed by atoms with Crippen molar-refractivity contribution in [3.63, 3.8) is 0 Å². The number of carbonyl (C=O) groups is 1. The van der Waals surface area contributed by atoms with E-state index >= 15 is 0 Å². The Balaban J connectivity index is 1.83. The largest absolute Gasteiger partial charge is 0.493 e. The van der Waals surface area contributed by atoms with Gasteiger partial charge in [0.05, 0.1) is 7.11 Å². The van der Waals surface area contributed by atoms with Crippen LogP contribution in [0.5, 0.6) is 11.5 Å². The molecule has 0 unspecified atom stereocenters. The van der Waals surface area contributed by atoms with E-state index < -0.39 is 5.91 Å². The maximum Gasteiger partial charge on any atom is 0.266 e. The maximum absolute atomic E-state index is 12.6. The van der Waals surface area contributed by atoms with Crippen LogP contribution in [0.1, 0.15) is 11.1 Å². The Morgan fingerprint density at radius 3 is 2.47 bits per heavy atom. The molecule has 0 heterocycles. The number of benzene rings is 3. The molecule has 5 nitrogen and oxygen atoms in total. The Morgan fingerprint density at radius 1 is 1.09 bits per heavy atom. The molecule has 0 aliphatic carbocycles. The summed E-state index contributed by atoms with van der Waals surface area (Å²) in [4.78, 5) is 12.6. The number of hydrogen-bond acceptors (Lipinski definition) is 4. The van der Waals surface area contributed by atoms with Gasteiger partial charge in [0.15, 0.2) is 11.5 Å². The molecule has 0 saturated heterocycles. The predicted molar refractivity (Wildman–Crippen MR) is 135 cm³/mol. The second kappa shape index (κ2) is 11.2. The summed E-state index contributed by atoms with van der Waals surface area (Å²) in [6.45, 7) is 0.125. The summed E-state index contributed by atoms with van der Waals surface area (Å²) in [5, 5.41) is 13.2. The third kappa shape index (κ3) is 6.16. The molecule has 1 N–H and O–H groups in total. The number of rotatable bonds is 7. The number of methoxy groups -OCH3 is 1. The molecule has 1 amide bonds. The molecule has 32 heavy (non-hydrogen) atoms. The van der Waals surface area contributed by atoms with Crippen molar-refractivity contribution in [3.05, 3.63) is 91.0 Å². The van der Waals surface area contributed by atoms with Crippen LogP contribution in [0.3, 0.4) is 0 Å². The van der Waals surface area contributed by atoms with Crippen molar-refractivity contribution in [1.29, 1.82) is 5.26 Å². The number of nitriles is 1. The third-order valence-corrected chi connectivity index (χ3v) is 5.76. The van der Waals surface area contributed by atoms with E-state index in [1.54, 1.807) is 42.5 Å². The monoisotopic (exact) mass is 578 g/mol. The average molecular weight is 579 g/mol. The van der Waals surface area contributed by atoms with Crippen LogP contribution in [0, 0.1) is 14.9 Å². The predicted octanol–water partition coefficient (Wildman–Crippen LogP) is 6.73. The molecule has 0 saturated carbocycles. The van der Waals surface area contributed by atoms with Crippen LogP contribution in [0.25, 0.3) is 6.08 Å². The minimum atomic E-state index is -0.504. The molecular weight excluding hydrogens is 562 g/mol. The lowest BCUT2D eigenvalue weighted by Gasteiger charge is -2.13. The molecule has 3 rings (SSSR count). The van der Waals surface area contributed by atoms with Crippen LogP contribution in [0.4, 0.5) is 5.69 Å². The summed E-state index contributed by atoms with van der Waals surface area (Å²) in [6, 6.07) is 19.6. The number of ether oxygens (including phenoxy) is 2. The van der Waals surface area contributed by atoms with E-state index in [1.165, 1.54) is 13.2 Å². The van der Waals surface area contributed by atoms with Gasteiger partial charge in [-0.1, -0.05) is 41.4 Å². The van der Waals surface area contributed by atoms with Crippen molar-refractivity contribution in [2.45, 2.75) is 6.61 Å². The Hall–Kier alpha value is -2.73. The van der Waals surface area contributed by atoms with Gasteiger partial charge in [0.2, 0.25) is 0 Å². The van der Waals surface area contributed by atoms with Gasteiger partial charge >= 0.3 is 0 Å². The van der Waals surface area contributed by atoms with Gasteiger partial charge in [-0.3, -0.25) is 4.79 Å². The quantitative estimate of drug-likeness (QED) is 0.192. The van der Waals surface area contributed by atoms with E-state index in [2.05, 4.69) is 27.9 Å². The second-order valence-corrected chi connectivity index (χ2v) is 8.59. The Morgan fingerprint density at radius 2 is 1.81 bits per heavy atom. The van der Waals surface area contributed by atoms with Gasteiger partial charge in [-0.2, -0.15) is 5.26 Å². The minimum Gasteiger partial charge on any atom is -0.493 e. The summed E-state index contributed by atoms with van der Waals surface area (Å²) in [6.07, 6.45) is 1.48. The van der Waals surface area contributed by atoms with Crippen LogP contribution in [0.15, 0.2) is 66.2 Å². The smallest absolute Gasteiger partial charge is 0.266 e. The van der Waals surface area contributed by atoms with E-state index in [0.29, 0.717) is 38.4 Å². The van der Waals surface area contributed by atoms with Crippen LogP contribution >= 0.6 is 45.8 Å². The molecule has 0 atom stereocenters. The van der Waals surface area contributed by atoms with Crippen molar-refractivity contribution in [1.82, 2.24) is 0 Å². The fourth-order valence-corrected chi connectivity index (χ4v) is 3.85. The molecule has 3 aromatic carbocycles. The average Bonchev–Trinajstić information content (AvgIpc) is 2.77. The number of halogens is 3. The van der Waals surface area contributed by atoms with E-state index in [9.17, 15) is 10.1 Å². The zero-order chi connectivity index (χ0) is 23.1. The molecule has 0 radical (unpaired) electrons. The fourth-order valence-electron chi connectivity index (χ4n) is 2.80. The lowest BCUT2D eigenvalue weighted by molar-refractivity contribution is -0.112. The van der Waals surface area contributed by atoms with Gasteiger partial charge in [-0.25, -0.2) is 0 Å². The van der Waals surface area contributed by atoms with Crippen molar-refractivity contribution in [2.24, 2.45) is 0 Å². The Kier molecular flexibility index (Phi) is 8.39. The SMILES string of the molecule is COc1ccc(/C=C(\C#N)C(=O)Nc2cccc(I)c2)cc1OCc1c(Cl)cccc1Cl. The minimum absolute atomic E-state index is 0.0471. The maximum atomic E-state index is 12.6. The highest BCUT2D eigenvalue weighted by molar-refractivity contribution is 14.1. The first-order chi connectivity index (χ1) is 15.4. The van der Waals surface area contributed by atoms with Crippen molar-refractivity contribution >= 4 is 63.5 Å². The van der Waals surface area contributed by atoms with Crippen molar-refractivity contribution in [3.8, 4) is 17.6 Å². The van der Waals surface area contributed by atoms with Gasteiger partial charge in [-0.15, -0.1) is 0 Å². The standard InChI is InChI=1S/C24H17Cl2IN2O3/c1-31-22-9-8-15(11-23(22)32-14-19-20(25)6-3-7-21(19)26)10-16(13-28)24(30)29-18-5-2-4-17(27)12-18/h2-12H,14H2,1H3,(H,29,30)/b16-10+. The number of carbonyl (C=O) groups excluding carboxylic acids is 1. The summed E-state index contributed by atoms with van der Waals surface area (Å²) < 4.78 is 12.2.